The second kappa shape index (κ2) is 4.20. The summed E-state index contributed by atoms with van der Waals surface area (Å²) in [5.41, 5.74) is -2.09. The summed E-state index contributed by atoms with van der Waals surface area (Å²) in [7, 11) is 0. The zero-order valence-electron chi connectivity index (χ0n) is 10.3. The summed E-state index contributed by atoms with van der Waals surface area (Å²) < 4.78 is 32.7. The Kier molecular flexibility index (Phi) is 2.72. The first kappa shape index (κ1) is 12.9. The molecule has 2 aromatic heterocycles. The lowest BCUT2D eigenvalue weighted by Crippen LogP contribution is -2.51. The molecule has 2 aromatic rings. The van der Waals surface area contributed by atoms with E-state index in [9.17, 15) is 18.7 Å². The minimum Gasteiger partial charge on any atom is -0.383 e. The molecule has 0 amide bonds. The largest absolute Gasteiger partial charge is 0.383 e. The van der Waals surface area contributed by atoms with Crippen molar-refractivity contribution in [1.82, 2.24) is 15.1 Å². The average molecular weight is 283 g/mol. The highest BCUT2D eigenvalue weighted by molar-refractivity contribution is 5.52. The molecule has 0 unspecified atom stereocenters. The third-order valence-corrected chi connectivity index (χ3v) is 3.50. The summed E-state index contributed by atoms with van der Waals surface area (Å²) in [5, 5.41) is 13.2. The molecule has 106 valence electrons. The van der Waals surface area contributed by atoms with Crippen molar-refractivity contribution in [2.45, 2.75) is 30.8 Å². The van der Waals surface area contributed by atoms with Crippen molar-refractivity contribution in [1.29, 1.82) is 0 Å². The number of nitrogens with one attached hydrogen (secondary N) is 1. The number of H-pyrrole nitrogens is 1. The molecule has 0 atom stereocenters. The number of rotatable bonds is 3. The third-order valence-electron chi connectivity index (χ3n) is 3.50. The maximum Gasteiger partial charge on any atom is 0.352 e. The molecule has 1 saturated carbocycles. The average Bonchev–Trinajstić information content (AvgIpc) is 2.87. The van der Waals surface area contributed by atoms with Gasteiger partial charge in [0.25, 0.3) is 0 Å². The molecule has 0 spiro atoms. The third kappa shape index (κ3) is 1.83. The first-order chi connectivity index (χ1) is 9.42. The first-order valence-corrected chi connectivity index (χ1v) is 6.06. The van der Waals surface area contributed by atoms with Crippen LogP contribution in [0.5, 0.6) is 0 Å². The van der Waals surface area contributed by atoms with Gasteiger partial charge in [-0.3, -0.25) is 4.79 Å². The van der Waals surface area contributed by atoms with Crippen LogP contribution >= 0.6 is 0 Å². The molecule has 0 bridgehead atoms. The molecule has 3 rings (SSSR count). The summed E-state index contributed by atoms with van der Waals surface area (Å²) in [6.07, 6.45) is 1.83. The zero-order chi connectivity index (χ0) is 14.4. The Balaban J connectivity index is 1.94. The summed E-state index contributed by atoms with van der Waals surface area (Å²) in [6, 6.07) is 2.62. The number of alkyl halides is 2. The fourth-order valence-electron chi connectivity index (χ4n) is 2.04. The smallest absolute Gasteiger partial charge is 0.352 e. The van der Waals surface area contributed by atoms with Crippen LogP contribution in [0, 0.1) is 0 Å². The Morgan fingerprint density at radius 2 is 2.15 bits per heavy atom. The van der Waals surface area contributed by atoms with Gasteiger partial charge in [-0.2, -0.15) is 13.8 Å². The molecule has 1 fully saturated rings. The Morgan fingerprint density at radius 1 is 1.40 bits per heavy atom. The monoisotopic (exact) mass is 283 g/mol. The minimum absolute atomic E-state index is 0.00360. The van der Waals surface area contributed by atoms with Gasteiger partial charge in [-0.1, -0.05) is 5.16 Å². The SMILES string of the molecule is O=c1ccc(-c2noc(C(F)(F)C3(O)CCC3)n2)c[nH]1. The van der Waals surface area contributed by atoms with Crippen LogP contribution < -0.4 is 5.56 Å². The molecule has 0 radical (unpaired) electrons. The molecular formula is C12H11F2N3O3. The number of hydrogen-bond acceptors (Lipinski definition) is 5. The number of aromatic nitrogens is 3. The maximum atomic E-state index is 14.1. The lowest BCUT2D eigenvalue weighted by Gasteiger charge is -2.40. The molecule has 1 aliphatic carbocycles. The van der Waals surface area contributed by atoms with Crippen LogP contribution in [0.3, 0.4) is 0 Å². The van der Waals surface area contributed by atoms with Crippen molar-refractivity contribution in [3.63, 3.8) is 0 Å². The predicted molar refractivity (Wildman–Crippen MR) is 63.0 cm³/mol. The number of pyridine rings is 1. The fraction of sp³-hybridized carbons (Fsp3) is 0.417. The van der Waals surface area contributed by atoms with E-state index in [1.807, 2.05) is 0 Å². The van der Waals surface area contributed by atoms with Crippen LogP contribution in [0.1, 0.15) is 25.2 Å². The molecule has 0 saturated heterocycles. The standard InChI is InChI=1S/C12H11F2N3O3/c13-12(14,11(19)4-1-5-11)10-16-9(17-20-10)7-2-3-8(18)15-6-7/h2-3,6,19H,1,4-5H2,(H,15,18). The van der Waals surface area contributed by atoms with Crippen LogP contribution in [0.25, 0.3) is 11.4 Å². The highest BCUT2D eigenvalue weighted by Crippen LogP contribution is 2.49. The van der Waals surface area contributed by atoms with Gasteiger partial charge in [0.1, 0.15) is 5.60 Å². The number of aliphatic hydroxyl groups is 1. The van der Waals surface area contributed by atoms with Crippen LogP contribution in [0.2, 0.25) is 0 Å². The number of nitrogens with zero attached hydrogens (tertiary/aromatic N) is 2. The molecule has 6 nitrogen and oxygen atoms in total. The topological polar surface area (TPSA) is 92.0 Å². The van der Waals surface area contributed by atoms with E-state index in [2.05, 4.69) is 19.6 Å². The van der Waals surface area contributed by atoms with E-state index in [1.165, 1.54) is 18.3 Å². The van der Waals surface area contributed by atoms with Gasteiger partial charge in [0, 0.05) is 17.8 Å². The Labute approximate surface area is 111 Å². The molecule has 20 heavy (non-hydrogen) atoms. The highest BCUT2D eigenvalue weighted by atomic mass is 19.3. The van der Waals surface area contributed by atoms with E-state index in [4.69, 9.17) is 0 Å². The van der Waals surface area contributed by atoms with Gasteiger partial charge in [0.05, 0.1) is 0 Å². The Hall–Kier alpha value is -2.09. The molecule has 0 aliphatic heterocycles. The first-order valence-electron chi connectivity index (χ1n) is 6.06. The van der Waals surface area contributed by atoms with Crippen molar-refractivity contribution in [3.05, 3.63) is 34.6 Å². The second-order valence-corrected chi connectivity index (χ2v) is 4.82. The molecule has 8 heteroatoms. The van der Waals surface area contributed by atoms with Crippen molar-refractivity contribution >= 4 is 0 Å². The molecular weight excluding hydrogens is 272 g/mol. The predicted octanol–water partition coefficient (Wildman–Crippen LogP) is 1.43. The van der Waals surface area contributed by atoms with Crippen molar-refractivity contribution in [3.8, 4) is 11.4 Å². The molecule has 2 N–H and O–H groups in total. The van der Waals surface area contributed by atoms with Crippen LogP contribution in [-0.2, 0) is 5.92 Å². The van der Waals surface area contributed by atoms with Crippen molar-refractivity contribution < 1.29 is 18.4 Å². The van der Waals surface area contributed by atoms with E-state index in [-0.39, 0.29) is 24.2 Å². The van der Waals surface area contributed by atoms with Gasteiger partial charge in [-0.05, 0) is 25.3 Å². The molecule has 0 aromatic carbocycles. The van der Waals surface area contributed by atoms with Gasteiger partial charge in [0.2, 0.25) is 11.4 Å². The van der Waals surface area contributed by atoms with E-state index in [1.54, 1.807) is 0 Å². The van der Waals surface area contributed by atoms with E-state index < -0.39 is 17.4 Å². The van der Waals surface area contributed by atoms with Crippen molar-refractivity contribution in [2.24, 2.45) is 0 Å². The lowest BCUT2D eigenvalue weighted by atomic mass is 9.75. The van der Waals surface area contributed by atoms with Gasteiger partial charge >= 0.3 is 11.8 Å². The van der Waals surface area contributed by atoms with Crippen molar-refractivity contribution in [2.75, 3.05) is 0 Å². The van der Waals surface area contributed by atoms with E-state index >= 15 is 0 Å². The van der Waals surface area contributed by atoms with Crippen LogP contribution in [0.4, 0.5) is 8.78 Å². The summed E-state index contributed by atoms with van der Waals surface area (Å²) >= 11 is 0. The minimum atomic E-state index is -3.58. The van der Waals surface area contributed by atoms with Crippen LogP contribution in [-0.4, -0.2) is 25.8 Å². The Morgan fingerprint density at radius 3 is 2.70 bits per heavy atom. The summed E-state index contributed by atoms with van der Waals surface area (Å²) in [4.78, 5) is 16.9. The quantitative estimate of drug-likeness (QED) is 0.889. The second-order valence-electron chi connectivity index (χ2n) is 4.82. The van der Waals surface area contributed by atoms with Gasteiger partial charge in [0.15, 0.2) is 0 Å². The highest BCUT2D eigenvalue weighted by Gasteiger charge is 2.60. The van der Waals surface area contributed by atoms with Gasteiger partial charge in [-0.15, -0.1) is 0 Å². The summed E-state index contributed by atoms with van der Waals surface area (Å²) in [5.74, 6) is -4.57. The maximum absolute atomic E-state index is 14.1. The van der Waals surface area contributed by atoms with Gasteiger partial charge in [-0.25, -0.2) is 0 Å². The Bertz CT molecular complexity index is 671. The number of aromatic amines is 1. The van der Waals surface area contributed by atoms with Crippen LogP contribution in [0.15, 0.2) is 27.6 Å². The van der Waals surface area contributed by atoms with E-state index in [0.717, 1.165) is 0 Å². The van der Waals surface area contributed by atoms with Gasteiger partial charge < -0.3 is 14.6 Å². The number of halogens is 2. The number of hydrogen-bond donors (Lipinski definition) is 2. The molecule has 1 aliphatic rings. The molecule has 2 heterocycles. The normalized spacial score (nSPS) is 17.8. The van der Waals surface area contributed by atoms with E-state index in [0.29, 0.717) is 12.0 Å². The fourth-order valence-corrected chi connectivity index (χ4v) is 2.04. The zero-order valence-corrected chi connectivity index (χ0v) is 10.3. The lowest BCUT2D eigenvalue weighted by molar-refractivity contribution is -0.235. The summed E-state index contributed by atoms with van der Waals surface area (Å²) in [6.45, 7) is 0.